The molecule has 1 aliphatic carbocycles. The maximum atomic E-state index is 5.64. The van der Waals surface area contributed by atoms with Gasteiger partial charge in [0, 0.05) is 40.0 Å². The maximum absolute atomic E-state index is 5.64. The molecular formula is C21H45NO2. The van der Waals surface area contributed by atoms with Gasteiger partial charge in [0.2, 0.25) is 0 Å². The molecule has 0 aromatic heterocycles. The molecule has 2 fully saturated rings. The Labute approximate surface area is 152 Å². The minimum Gasteiger partial charge on any atom is -0.385 e. The monoisotopic (exact) mass is 343 g/mol. The number of hydrogen-bond acceptors (Lipinski definition) is 3. The molecule has 24 heavy (non-hydrogen) atoms. The topological polar surface area (TPSA) is 21.7 Å². The number of unbranched alkanes of at least 4 members (excludes halogenated alkanes) is 2. The van der Waals surface area contributed by atoms with Crippen LogP contribution in [0.5, 0.6) is 0 Å². The van der Waals surface area contributed by atoms with Gasteiger partial charge in [0.1, 0.15) is 0 Å². The van der Waals surface area contributed by atoms with E-state index in [4.69, 9.17) is 9.47 Å². The van der Waals surface area contributed by atoms with E-state index in [1.807, 2.05) is 27.7 Å². The quantitative estimate of drug-likeness (QED) is 0.470. The zero-order valence-corrected chi connectivity index (χ0v) is 17.5. The van der Waals surface area contributed by atoms with Crippen LogP contribution in [0.3, 0.4) is 0 Å². The molecule has 0 radical (unpaired) electrons. The van der Waals surface area contributed by atoms with Crippen LogP contribution in [0.15, 0.2) is 0 Å². The minimum absolute atomic E-state index is 0.762. The molecular weight excluding hydrogens is 298 g/mol. The van der Waals surface area contributed by atoms with Crippen molar-refractivity contribution in [3.63, 3.8) is 0 Å². The van der Waals surface area contributed by atoms with Crippen molar-refractivity contribution in [1.82, 2.24) is 4.90 Å². The Morgan fingerprint density at radius 3 is 1.96 bits per heavy atom. The van der Waals surface area contributed by atoms with Gasteiger partial charge in [-0.3, -0.25) is 0 Å². The summed E-state index contributed by atoms with van der Waals surface area (Å²) in [5.41, 5.74) is 0.762. The van der Waals surface area contributed by atoms with E-state index in [2.05, 4.69) is 11.8 Å². The molecule has 0 aromatic rings. The Morgan fingerprint density at radius 1 is 0.875 bits per heavy atom. The molecule has 0 unspecified atom stereocenters. The molecule has 1 saturated carbocycles. The number of nitrogens with zero attached hydrogens (tertiary/aromatic N) is 1. The number of likely N-dealkylation sites (tertiary alicyclic amines) is 1. The van der Waals surface area contributed by atoms with E-state index in [1.165, 1.54) is 51.7 Å². The van der Waals surface area contributed by atoms with Crippen molar-refractivity contribution in [2.45, 2.75) is 79.6 Å². The van der Waals surface area contributed by atoms with Gasteiger partial charge in [-0.05, 0) is 56.4 Å². The predicted molar refractivity (Wildman–Crippen MR) is 106 cm³/mol. The van der Waals surface area contributed by atoms with Crippen LogP contribution in [-0.2, 0) is 9.47 Å². The molecule has 1 saturated heterocycles. The lowest BCUT2D eigenvalue weighted by Gasteiger charge is -2.59. The Balaban J connectivity index is 0.00000123. The molecule has 2 rings (SSSR count). The average molecular weight is 344 g/mol. The molecule has 0 atom stereocenters. The van der Waals surface area contributed by atoms with Crippen molar-refractivity contribution >= 4 is 0 Å². The highest BCUT2D eigenvalue weighted by molar-refractivity contribution is 5.03. The minimum atomic E-state index is 0.762. The Hall–Kier alpha value is -0.120. The van der Waals surface area contributed by atoms with E-state index in [0.29, 0.717) is 0 Å². The van der Waals surface area contributed by atoms with E-state index >= 15 is 0 Å². The molecule has 0 amide bonds. The molecule has 146 valence electrons. The molecule has 1 heterocycles. The van der Waals surface area contributed by atoms with Crippen molar-refractivity contribution in [2.24, 2.45) is 11.3 Å². The number of rotatable bonds is 11. The van der Waals surface area contributed by atoms with Crippen LogP contribution < -0.4 is 0 Å². The first-order valence-corrected chi connectivity index (χ1v) is 10.6. The van der Waals surface area contributed by atoms with Gasteiger partial charge >= 0.3 is 0 Å². The SMILES string of the molecule is CC.CC.CCC1CC2(C1)CN(CCCCOCCCCOC)C2. The largest absolute Gasteiger partial charge is 0.385 e. The van der Waals surface area contributed by atoms with Gasteiger partial charge in [-0.15, -0.1) is 0 Å². The zero-order valence-electron chi connectivity index (χ0n) is 17.5. The number of methoxy groups -OCH3 is 1. The molecule has 0 aromatic carbocycles. The normalized spacial score (nSPS) is 18.8. The van der Waals surface area contributed by atoms with Crippen LogP contribution in [0.4, 0.5) is 0 Å². The van der Waals surface area contributed by atoms with Crippen LogP contribution in [0.2, 0.25) is 0 Å². The van der Waals surface area contributed by atoms with E-state index in [9.17, 15) is 0 Å². The Bertz CT molecular complexity index is 257. The fraction of sp³-hybridized carbons (Fsp3) is 1.00. The van der Waals surface area contributed by atoms with Gasteiger partial charge in [-0.25, -0.2) is 0 Å². The first-order chi connectivity index (χ1) is 11.8. The molecule has 1 aliphatic heterocycles. The van der Waals surface area contributed by atoms with Gasteiger partial charge in [0.15, 0.2) is 0 Å². The van der Waals surface area contributed by atoms with Crippen LogP contribution in [0.25, 0.3) is 0 Å². The summed E-state index contributed by atoms with van der Waals surface area (Å²) < 4.78 is 10.7. The van der Waals surface area contributed by atoms with Crippen molar-refractivity contribution < 1.29 is 9.47 Å². The van der Waals surface area contributed by atoms with E-state index in [-0.39, 0.29) is 0 Å². The standard InChI is InChI=1S/C17H33NO2.2C2H6/c1-3-16-12-17(13-16)14-18(15-17)8-4-5-10-20-11-7-6-9-19-2;2*1-2/h16H,3-15H2,1-2H3;2*1-2H3. The summed E-state index contributed by atoms with van der Waals surface area (Å²) in [7, 11) is 1.76. The smallest absolute Gasteiger partial charge is 0.0466 e. The average Bonchev–Trinajstić information content (AvgIpc) is 2.57. The maximum Gasteiger partial charge on any atom is 0.0466 e. The first kappa shape index (κ1) is 23.9. The third kappa shape index (κ3) is 8.82. The second-order valence-electron chi connectivity index (χ2n) is 6.91. The van der Waals surface area contributed by atoms with E-state index < -0.39 is 0 Å². The summed E-state index contributed by atoms with van der Waals surface area (Å²) in [4.78, 5) is 2.64. The van der Waals surface area contributed by atoms with Crippen LogP contribution >= 0.6 is 0 Å². The molecule has 0 bridgehead atoms. The lowest BCUT2D eigenvalue weighted by atomic mass is 9.57. The molecule has 3 nitrogen and oxygen atoms in total. The molecule has 2 aliphatic rings. The zero-order chi connectivity index (χ0) is 18.3. The Morgan fingerprint density at radius 2 is 1.42 bits per heavy atom. The highest BCUT2D eigenvalue weighted by Gasteiger charge is 2.50. The highest BCUT2D eigenvalue weighted by atomic mass is 16.5. The third-order valence-electron chi connectivity index (χ3n) is 5.04. The summed E-state index contributed by atoms with van der Waals surface area (Å²) in [6.07, 6.45) is 9.15. The summed E-state index contributed by atoms with van der Waals surface area (Å²) in [5, 5.41) is 0. The van der Waals surface area contributed by atoms with E-state index in [1.54, 1.807) is 7.11 Å². The van der Waals surface area contributed by atoms with Crippen molar-refractivity contribution in [3.8, 4) is 0 Å². The molecule has 1 spiro atoms. The third-order valence-corrected chi connectivity index (χ3v) is 5.04. The number of hydrogen-bond donors (Lipinski definition) is 0. The van der Waals surface area contributed by atoms with Gasteiger partial charge in [0.05, 0.1) is 0 Å². The fourth-order valence-electron chi connectivity index (χ4n) is 3.86. The van der Waals surface area contributed by atoms with E-state index in [0.717, 1.165) is 44.0 Å². The van der Waals surface area contributed by atoms with Crippen LogP contribution in [0.1, 0.15) is 79.6 Å². The summed E-state index contributed by atoms with van der Waals surface area (Å²) in [5.74, 6) is 1.05. The first-order valence-electron chi connectivity index (χ1n) is 10.6. The van der Waals surface area contributed by atoms with Gasteiger partial charge in [0.25, 0.3) is 0 Å². The van der Waals surface area contributed by atoms with Crippen LogP contribution in [-0.4, -0.2) is 51.5 Å². The summed E-state index contributed by atoms with van der Waals surface area (Å²) in [6, 6.07) is 0. The van der Waals surface area contributed by atoms with Crippen molar-refractivity contribution in [1.29, 1.82) is 0 Å². The van der Waals surface area contributed by atoms with Crippen molar-refractivity contribution in [2.75, 3.05) is 46.6 Å². The second-order valence-corrected chi connectivity index (χ2v) is 6.91. The summed E-state index contributed by atoms with van der Waals surface area (Å²) in [6.45, 7) is 17.1. The highest BCUT2D eigenvalue weighted by Crippen LogP contribution is 2.52. The lowest BCUT2D eigenvalue weighted by Crippen LogP contribution is -2.62. The van der Waals surface area contributed by atoms with Gasteiger partial charge < -0.3 is 14.4 Å². The lowest BCUT2D eigenvalue weighted by molar-refractivity contribution is -0.0952. The fourth-order valence-corrected chi connectivity index (χ4v) is 3.86. The number of ether oxygens (including phenoxy) is 2. The van der Waals surface area contributed by atoms with Crippen molar-refractivity contribution in [3.05, 3.63) is 0 Å². The van der Waals surface area contributed by atoms with Gasteiger partial charge in [-0.2, -0.15) is 0 Å². The molecule has 3 heteroatoms. The second kappa shape index (κ2) is 15.2. The predicted octanol–water partition coefficient (Wildman–Crippen LogP) is 5.38. The van der Waals surface area contributed by atoms with Gasteiger partial charge in [-0.1, -0.05) is 41.0 Å². The molecule has 0 N–H and O–H groups in total. The Kier molecular flexibility index (Phi) is 15.1. The van der Waals surface area contributed by atoms with Crippen LogP contribution in [0, 0.1) is 11.3 Å². The summed E-state index contributed by atoms with van der Waals surface area (Å²) >= 11 is 0.